The highest BCUT2D eigenvalue weighted by Crippen LogP contribution is 2.31. The van der Waals surface area contributed by atoms with Crippen molar-refractivity contribution in [1.82, 2.24) is 24.7 Å². The molecule has 0 radical (unpaired) electrons. The molecule has 2 aromatic rings. The summed E-state index contributed by atoms with van der Waals surface area (Å²) in [6.07, 6.45) is 1.67. The van der Waals surface area contributed by atoms with E-state index in [1.54, 1.807) is 10.8 Å². The van der Waals surface area contributed by atoms with E-state index in [0.29, 0.717) is 6.04 Å². The van der Waals surface area contributed by atoms with E-state index in [2.05, 4.69) is 32.0 Å². The molecule has 2 aromatic heterocycles. The summed E-state index contributed by atoms with van der Waals surface area (Å²) in [4.78, 5) is 4.93. The Balaban J connectivity index is 1.58. The number of hydrogen-bond donors (Lipinski definition) is 0. The van der Waals surface area contributed by atoms with Gasteiger partial charge in [0.25, 0.3) is 0 Å². The van der Waals surface area contributed by atoms with Crippen LogP contribution in [0, 0.1) is 13.8 Å². The summed E-state index contributed by atoms with van der Waals surface area (Å²) >= 11 is 0. The highest BCUT2D eigenvalue weighted by Gasteiger charge is 2.35. The third-order valence-electron chi connectivity index (χ3n) is 4.64. The average Bonchev–Trinajstić information content (AvgIpc) is 2.90. The summed E-state index contributed by atoms with van der Waals surface area (Å²) in [6, 6.07) is 0.629. The minimum atomic E-state index is 0.629. The van der Waals surface area contributed by atoms with Crippen LogP contribution in [-0.2, 0) is 4.74 Å². The molecule has 0 atom stereocenters. The fourth-order valence-electron chi connectivity index (χ4n) is 3.22. The summed E-state index contributed by atoms with van der Waals surface area (Å²) in [5, 5.41) is 12.7. The first kappa shape index (κ1) is 13.0. The van der Waals surface area contributed by atoms with E-state index in [9.17, 15) is 0 Å². The van der Waals surface area contributed by atoms with Gasteiger partial charge >= 0.3 is 0 Å². The first-order valence-electron chi connectivity index (χ1n) is 7.48. The molecular weight excluding hydrogens is 268 g/mol. The number of fused-ring (bicyclic) bond motifs is 1. The summed E-state index contributed by atoms with van der Waals surface area (Å²) in [7, 11) is 0. The van der Waals surface area contributed by atoms with Crippen molar-refractivity contribution in [3.05, 3.63) is 17.6 Å². The first-order chi connectivity index (χ1) is 10.2. The van der Waals surface area contributed by atoms with Crippen LogP contribution in [0.3, 0.4) is 0 Å². The second-order valence-electron chi connectivity index (χ2n) is 5.87. The van der Waals surface area contributed by atoms with Crippen molar-refractivity contribution in [1.29, 1.82) is 0 Å². The standard InChI is InChI=1S/C14H20N6O/c1-10-11(2)17-20-9-15-16-14(20)13(10)19-7-12(8-19)18-3-5-21-6-4-18/h9,12H,3-8H2,1-2H3. The molecule has 0 N–H and O–H groups in total. The maximum absolute atomic E-state index is 5.43. The number of morpholine rings is 1. The molecule has 2 fully saturated rings. The Morgan fingerprint density at radius 2 is 1.95 bits per heavy atom. The molecule has 112 valence electrons. The smallest absolute Gasteiger partial charge is 0.201 e. The highest BCUT2D eigenvalue weighted by molar-refractivity contribution is 5.73. The molecule has 0 spiro atoms. The molecule has 0 aliphatic carbocycles. The van der Waals surface area contributed by atoms with Crippen molar-refractivity contribution in [3.8, 4) is 0 Å². The number of ether oxygens (including phenoxy) is 1. The van der Waals surface area contributed by atoms with Gasteiger partial charge in [-0.1, -0.05) is 0 Å². The highest BCUT2D eigenvalue weighted by atomic mass is 16.5. The number of aryl methyl sites for hydroxylation is 1. The van der Waals surface area contributed by atoms with Gasteiger partial charge in [0.1, 0.15) is 6.33 Å². The Hall–Kier alpha value is -1.73. The predicted molar refractivity (Wildman–Crippen MR) is 78.6 cm³/mol. The van der Waals surface area contributed by atoms with Crippen LogP contribution in [-0.4, -0.2) is 70.1 Å². The number of hydrogen-bond acceptors (Lipinski definition) is 6. The molecule has 0 bridgehead atoms. The zero-order chi connectivity index (χ0) is 14.4. The fourth-order valence-corrected chi connectivity index (χ4v) is 3.22. The average molecular weight is 288 g/mol. The Morgan fingerprint density at radius 1 is 1.19 bits per heavy atom. The molecule has 2 saturated heterocycles. The molecule has 2 aliphatic heterocycles. The van der Waals surface area contributed by atoms with Gasteiger partial charge in [0, 0.05) is 32.2 Å². The van der Waals surface area contributed by atoms with E-state index in [0.717, 1.165) is 50.7 Å². The predicted octanol–water partition coefficient (Wildman–Crippen LogP) is 0.262. The van der Waals surface area contributed by atoms with Gasteiger partial charge in [-0.2, -0.15) is 9.61 Å². The molecule has 0 amide bonds. The lowest BCUT2D eigenvalue weighted by Gasteiger charge is -2.48. The van der Waals surface area contributed by atoms with Crippen molar-refractivity contribution < 1.29 is 4.74 Å². The summed E-state index contributed by atoms with van der Waals surface area (Å²) in [5.41, 5.74) is 4.28. The van der Waals surface area contributed by atoms with Gasteiger partial charge in [-0.25, -0.2) is 0 Å². The zero-order valence-corrected chi connectivity index (χ0v) is 12.5. The third-order valence-corrected chi connectivity index (χ3v) is 4.64. The molecule has 0 aromatic carbocycles. The monoisotopic (exact) mass is 288 g/mol. The van der Waals surface area contributed by atoms with E-state index in [1.807, 2.05) is 6.92 Å². The molecule has 4 heterocycles. The van der Waals surface area contributed by atoms with Gasteiger partial charge in [-0.15, -0.1) is 10.2 Å². The third kappa shape index (κ3) is 2.08. The molecular formula is C14H20N6O. The van der Waals surface area contributed by atoms with Crippen molar-refractivity contribution >= 4 is 11.3 Å². The van der Waals surface area contributed by atoms with Gasteiger partial charge in [-0.3, -0.25) is 4.90 Å². The summed E-state index contributed by atoms with van der Waals surface area (Å²) in [5.74, 6) is 0. The zero-order valence-electron chi connectivity index (χ0n) is 12.5. The van der Waals surface area contributed by atoms with Crippen LogP contribution in [0.5, 0.6) is 0 Å². The minimum absolute atomic E-state index is 0.629. The van der Waals surface area contributed by atoms with Crippen LogP contribution in [0.1, 0.15) is 11.3 Å². The van der Waals surface area contributed by atoms with E-state index in [-0.39, 0.29) is 0 Å². The van der Waals surface area contributed by atoms with Crippen LogP contribution in [0.4, 0.5) is 5.69 Å². The van der Waals surface area contributed by atoms with Gasteiger partial charge in [0.05, 0.1) is 24.6 Å². The summed E-state index contributed by atoms with van der Waals surface area (Å²) < 4.78 is 7.20. The van der Waals surface area contributed by atoms with Gasteiger partial charge in [0.2, 0.25) is 5.65 Å². The number of rotatable bonds is 2. The van der Waals surface area contributed by atoms with E-state index >= 15 is 0 Å². The SMILES string of the molecule is Cc1nn2cnnc2c(N2CC(N3CCOCC3)C2)c1C. The van der Waals surface area contributed by atoms with E-state index in [4.69, 9.17) is 4.74 Å². The Morgan fingerprint density at radius 3 is 2.71 bits per heavy atom. The van der Waals surface area contributed by atoms with Crippen LogP contribution < -0.4 is 4.90 Å². The number of nitrogens with zero attached hydrogens (tertiary/aromatic N) is 6. The fraction of sp³-hybridized carbons (Fsp3) is 0.643. The van der Waals surface area contributed by atoms with Crippen LogP contribution in [0.25, 0.3) is 5.65 Å². The molecule has 21 heavy (non-hydrogen) atoms. The van der Waals surface area contributed by atoms with Crippen LogP contribution in [0.2, 0.25) is 0 Å². The lowest BCUT2D eigenvalue weighted by molar-refractivity contribution is 0.0105. The molecule has 2 aliphatic rings. The number of anilines is 1. The van der Waals surface area contributed by atoms with Crippen molar-refractivity contribution in [2.24, 2.45) is 0 Å². The van der Waals surface area contributed by atoms with Gasteiger partial charge in [0.15, 0.2) is 0 Å². The lowest BCUT2D eigenvalue weighted by atomic mass is 10.0. The maximum Gasteiger partial charge on any atom is 0.201 e. The lowest BCUT2D eigenvalue weighted by Crippen LogP contribution is -2.61. The number of aromatic nitrogens is 4. The first-order valence-corrected chi connectivity index (χ1v) is 7.48. The summed E-state index contributed by atoms with van der Waals surface area (Å²) in [6.45, 7) is 10.1. The van der Waals surface area contributed by atoms with Gasteiger partial charge < -0.3 is 9.64 Å². The molecule has 4 rings (SSSR count). The van der Waals surface area contributed by atoms with Crippen molar-refractivity contribution in [2.75, 3.05) is 44.3 Å². The van der Waals surface area contributed by atoms with Gasteiger partial charge in [-0.05, 0) is 19.4 Å². The van der Waals surface area contributed by atoms with Crippen molar-refractivity contribution in [3.63, 3.8) is 0 Å². The largest absolute Gasteiger partial charge is 0.379 e. The molecule has 0 saturated carbocycles. The minimum Gasteiger partial charge on any atom is -0.379 e. The Bertz CT molecular complexity index is 657. The van der Waals surface area contributed by atoms with Crippen LogP contribution in [0.15, 0.2) is 6.33 Å². The van der Waals surface area contributed by atoms with Crippen LogP contribution >= 0.6 is 0 Å². The molecule has 7 nitrogen and oxygen atoms in total. The normalized spacial score (nSPS) is 21.0. The van der Waals surface area contributed by atoms with E-state index in [1.165, 1.54) is 11.3 Å². The van der Waals surface area contributed by atoms with Crippen molar-refractivity contribution in [2.45, 2.75) is 19.9 Å². The topological polar surface area (TPSA) is 58.8 Å². The quantitative estimate of drug-likeness (QED) is 0.790. The second kappa shape index (κ2) is 4.92. The molecule has 0 unspecified atom stereocenters. The Labute approximate surface area is 123 Å². The Kier molecular flexibility index (Phi) is 3.04. The molecule has 7 heteroatoms. The second-order valence-corrected chi connectivity index (χ2v) is 5.87. The van der Waals surface area contributed by atoms with E-state index < -0.39 is 0 Å². The maximum atomic E-state index is 5.43.